The van der Waals surface area contributed by atoms with Crippen LogP contribution in [0.2, 0.25) is 5.02 Å². The molecule has 1 N–H and O–H groups in total. The van der Waals surface area contributed by atoms with Crippen LogP contribution in [-0.2, 0) is 16.6 Å². The van der Waals surface area contributed by atoms with Crippen LogP contribution < -0.4 is 10.2 Å². The first-order valence-corrected chi connectivity index (χ1v) is 10.7. The van der Waals surface area contributed by atoms with Crippen LogP contribution in [0, 0.1) is 5.92 Å². The van der Waals surface area contributed by atoms with Gasteiger partial charge in [-0.25, -0.2) is 9.97 Å². The highest BCUT2D eigenvalue weighted by molar-refractivity contribution is 6.33. The van der Waals surface area contributed by atoms with Crippen molar-refractivity contribution in [2.24, 2.45) is 13.0 Å². The minimum absolute atomic E-state index is 0.0746. The van der Waals surface area contributed by atoms with Crippen molar-refractivity contribution in [2.75, 3.05) is 31.2 Å². The number of aryl methyl sites for hydroxylation is 1. The molecule has 156 valence electrons. The van der Waals surface area contributed by atoms with Crippen LogP contribution in [-0.4, -0.2) is 52.8 Å². The van der Waals surface area contributed by atoms with E-state index in [0.29, 0.717) is 18.2 Å². The Morgan fingerprint density at radius 1 is 1.23 bits per heavy atom. The van der Waals surface area contributed by atoms with Gasteiger partial charge in [-0.1, -0.05) is 23.7 Å². The molecule has 5 rings (SSSR count). The van der Waals surface area contributed by atoms with Crippen LogP contribution >= 0.6 is 11.6 Å². The van der Waals surface area contributed by atoms with Crippen molar-refractivity contribution in [3.63, 3.8) is 0 Å². The lowest BCUT2D eigenvalue weighted by Gasteiger charge is -2.41. The van der Waals surface area contributed by atoms with Gasteiger partial charge in [-0.3, -0.25) is 4.79 Å². The molecule has 8 heteroatoms. The average Bonchev–Trinajstić information content (AvgIpc) is 3.08. The molecule has 1 aromatic carbocycles. The van der Waals surface area contributed by atoms with Crippen LogP contribution in [0.25, 0.3) is 22.4 Å². The van der Waals surface area contributed by atoms with Gasteiger partial charge in [0, 0.05) is 51.0 Å². The highest BCUT2D eigenvalue weighted by Gasteiger charge is 2.32. The number of nitrogens with one attached hydrogen (secondary N) is 1. The summed E-state index contributed by atoms with van der Waals surface area (Å²) >= 11 is 6.48. The fourth-order valence-electron chi connectivity index (χ4n) is 4.19. The standard InChI is InChI=1S/C22H24ClN5O2/c1-27-19-5-3-2-4-18(19)26-21(27)16-10-20(24-11-17(16)23)28-12-15(13-28)25-22(29)14-6-8-30-9-7-14/h2-5,10-11,14-15H,6-9,12-13H2,1H3,(H,25,29). The number of benzene rings is 1. The fourth-order valence-corrected chi connectivity index (χ4v) is 4.38. The Kier molecular flexibility index (Phi) is 5.08. The number of nitrogens with zero attached hydrogens (tertiary/aromatic N) is 4. The van der Waals surface area contributed by atoms with E-state index in [1.165, 1.54) is 0 Å². The summed E-state index contributed by atoms with van der Waals surface area (Å²) in [6.45, 7) is 2.83. The second-order valence-electron chi connectivity index (χ2n) is 8.00. The van der Waals surface area contributed by atoms with E-state index in [2.05, 4.69) is 15.2 Å². The molecular formula is C22H24ClN5O2. The number of imidazole rings is 1. The molecule has 0 unspecified atom stereocenters. The number of aromatic nitrogens is 3. The van der Waals surface area contributed by atoms with Gasteiger partial charge in [-0.15, -0.1) is 0 Å². The molecule has 2 fully saturated rings. The highest BCUT2D eigenvalue weighted by Crippen LogP contribution is 2.32. The number of para-hydroxylation sites is 2. The third-order valence-electron chi connectivity index (χ3n) is 6.01. The Hall–Kier alpha value is -2.64. The summed E-state index contributed by atoms with van der Waals surface area (Å²) in [6, 6.07) is 10.2. The molecule has 4 heterocycles. The normalized spacial score (nSPS) is 17.9. The van der Waals surface area contributed by atoms with Crippen LogP contribution in [0.3, 0.4) is 0 Å². The summed E-state index contributed by atoms with van der Waals surface area (Å²) in [5, 5.41) is 3.74. The minimum atomic E-state index is 0.0746. The van der Waals surface area contributed by atoms with Crippen LogP contribution in [0.5, 0.6) is 0 Å². The van der Waals surface area contributed by atoms with Crippen LogP contribution in [0.15, 0.2) is 36.5 Å². The van der Waals surface area contributed by atoms with E-state index in [-0.39, 0.29) is 17.9 Å². The van der Waals surface area contributed by atoms with E-state index in [4.69, 9.17) is 21.3 Å². The summed E-state index contributed by atoms with van der Waals surface area (Å²) in [4.78, 5) is 23.8. The van der Waals surface area contributed by atoms with Gasteiger partial charge >= 0.3 is 0 Å². The molecule has 0 radical (unpaired) electrons. The summed E-state index contributed by atoms with van der Waals surface area (Å²) in [5.41, 5.74) is 2.85. The van der Waals surface area contributed by atoms with Gasteiger partial charge < -0.3 is 19.5 Å². The van der Waals surface area contributed by atoms with Crippen LogP contribution in [0.4, 0.5) is 5.82 Å². The lowest BCUT2D eigenvalue weighted by molar-refractivity contribution is -0.128. The quantitative estimate of drug-likeness (QED) is 0.695. The zero-order valence-electron chi connectivity index (χ0n) is 16.8. The summed E-state index contributed by atoms with van der Waals surface area (Å²) in [5.74, 6) is 1.88. The van der Waals surface area contributed by atoms with Crippen molar-refractivity contribution < 1.29 is 9.53 Å². The number of ether oxygens (including phenoxy) is 1. The second-order valence-corrected chi connectivity index (χ2v) is 8.41. The number of rotatable bonds is 4. The van der Waals surface area contributed by atoms with Gasteiger partial charge in [0.2, 0.25) is 5.91 Å². The van der Waals surface area contributed by atoms with E-state index in [1.807, 2.05) is 41.9 Å². The second kappa shape index (κ2) is 7.89. The van der Waals surface area contributed by atoms with Gasteiger partial charge in [0.15, 0.2) is 0 Å². The lowest BCUT2D eigenvalue weighted by atomic mass is 9.98. The van der Waals surface area contributed by atoms with Crippen molar-refractivity contribution in [1.29, 1.82) is 0 Å². The molecule has 30 heavy (non-hydrogen) atoms. The van der Waals surface area contributed by atoms with Gasteiger partial charge in [0.05, 0.1) is 22.1 Å². The molecule has 0 saturated carbocycles. The number of pyridine rings is 1. The predicted octanol–water partition coefficient (Wildman–Crippen LogP) is 3.02. The number of carbonyl (C=O) groups is 1. The van der Waals surface area contributed by atoms with E-state index in [1.54, 1.807) is 6.20 Å². The topological polar surface area (TPSA) is 72.3 Å². The van der Waals surface area contributed by atoms with Gasteiger partial charge in [0.1, 0.15) is 11.6 Å². The van der Waals surface area contributed by atoms with E-state index in [9.17, 15) is 4.79 Å². The van der Waals surface area contributed by atoms with Crippen molar-refractivity contribution in [3.8, 4) is 11.4 Å². The smallest absolute Gasteiger partial charge is 0.223 e. The molecular weight excluding hydrogens is 402 g/mol. The fraction of sp³-hybridized carbons (Fsp3) is 0.409. The molecule has 0 bridgehead atoms. The Bertz CT molecular complexity index is 1090. The maximum atomic E-state index is 12.4. The Labute approximate surface area is 180 Å². The van der Waals surface area contributed by atoms with E-state index in [0.717, 1.165) is 54.2 Å². The number of carbonyl (C=O) groups excluding carboxylic acids is 1. The number of anilines is 1. The van der Waals surface area contributed by atoms with Gasteiger partial charge in [0.25, 0.3) is 0 Å². The third-order valence-corrected chi connectivity index (χ3v) is 6.31. The zero-order chi connectivity index (χ0) is 20.7. The molecule has 0 spiro atoms. The number of halogens is 1. The monoisotopic (exact) mass is 425 g/mol. The molecule has 2 saturated heterocycles. The average molecular weight is 426 g/mol. The van der Waals surface area contributed by atoms with Crippen LogP contribution in [0.1, 0.15) is 12.8 Å². The molecule has 0 aliphatic carbocycles. The first-order valence-electron chi connectivity index (χ1n) is 10.3. The zero-order valence-corrected chi connectivity index (χ0v) is 17.6. The van der Waals surface area contributed by atoms with Crippen molar-refractivity contribution in [1.82, 2.24) is 19.9 Å². The predicted molar refractivity (Wildman–Crippen MR) is 117 cm³/mol. The summed E-state index contributed by atoms with van der Waals surface area (Å²) in [6.07, 6.45) is 3.30. The summed E-state index contributed by atoms with van der Waals surface area (Å²) < 4.78 is 7.39. The van der Waals surface area contributed by atoms with E-state index >= 15 is 0 Å². The Morgan fingerprint density at radius 3 is 2.77 bits per heavy atom. The molecule has 2 aliphatic rings. The first kappa shape index (κ1) is 19.3. The van der Waals surface area contributed by atoms with Crippen molar-refractivity contribution in [3.05, 3.63) is 41.6 Å². The molecule has 7 nitrogen and oxygen atoms in total. The van der Waals surface area contributed by atoms with Gasteiger partial charge in [-0.2, -0.15) is 0 Å². The lowest BCUT2D eigenvalue weighted by Crippen LogP contribution is -2.60. The van der Waals surface area contributed by atoms with Gasteiger partial charge in [-0.05, 0) is 31.0 Å². The number of hydrogen-bond donors (Lipinski definition) is 1. The minimum Gasteiger partial charge on any atom is -0.381 e. The number of amides is 1. The highest BCUT2D eigenvalue weighted by atomic mass is 35.5. The Balaban J connectivity index is 1.30. The summed E-state index contributed by atoms with van der Waals surface area (Å²) in [7, 11) is 1.99. The maximum absolute atomic E-state index is 12.4. The first-order chi connectivity index (χ1) is 14.6. The Morgan fingerprint density at radius 2 is 2.00 bits per heavy atom. The third kappa shape index (κ3) is 3.52. The number of hydrogen-bond acceptors (Lipinski definition) is 5. The maximum Gasteiger partial charge on any atom is 0.223 e. The molecule has 3 aromatic rings. The molecule has 2 aliphatic heterocycles. The van der Waals surface area contributed by atoms with Crippen molar-refractivity contribution >= 4 is 34.4 Å². The number of fused-ring (bicyclic) bond motifs is 1. The molecule has 0 atom stereocenters. The van der Waals surface area contributed by atoms with Crippen molar-refractivity contribution in [2.45, 2.75) is 18.9 Å². The van der Waals surface area contributed by atoms with E-state index < -0.39 is 0 Å². The molecule has 1 amide bonds. The molecule has 2 aromatic heterocycles. The largest absolute Gasteiger partial charge is 0.381 e. The SMILES string of the molecule is Cn1c(-c2cc(N3CC(NC(=O)C4CCOCC4)C3)ncc2Cl)nc2ccccc21.